The highest BCUT2D eigenvalue weighted by molar-refractivity contribution is 5.31. The van der Waals surface area contributed by atoms with Crippen LogP contribution in [-0.4, -0.2) is 6.10 Å². The summed E-state index contributed by atoms with van der Waals surface area (Å²) >= 11 is 0. The maximum absolute atomic E-state index is 14.1. The zero-order valence-electron chi connectivity index (χ0n) is 12.9. The minimum Gasteiger partial charge on any atom is -0.487 e. The molecule has 0 saturated heterocycles. The summed E-state index contributed by atoms with van der Waals surface area (Å²) in [5, 5.41) is 0. The van der Waals surface area contributed by atoms with Crippen molar-refractivity contribution in [3.63, 3.8) is 0 Å². The van der Waals surface area contributed by atoms with E-state index < -0.39 is 0 Å². The quantitative estimate of drug-likeness (QED) is 0.887. The lowest BCUT2D eigenvalue weighted by atomic mass is 9.71. The van der Waals surface area contributed by atoms with Gasteiger partial charge in [0.1, 0.15) is 0 Å². The first-order valence-corrected chi connectivity index (χ1v) is 7.48. The molecule has 3 heteroatoms. The van der Waals surface area contributed by atoms with Gasteiger partial charge in [0.25, 0.3) is 0 Å². The SMILES string of the molecule is CC1CC(Oc2ccc([C@@H](C)N)cc2F)CC(C)(C)C1. The fourth-order valence-corrected chi connectivity index (χ4v) is 3.42. The van der Waals surface area contributed by atoms with E-state index in [2.05, 4.69) is 20.8 Å². The summed E-state index contributed by atoms with van der Waals surface area (Å²) in [6.45, 7) is 8.61. The normalized spacial score (nSPS) is 27.1. The molecule has 0 spiro atoms. The molecule has 1 saturated carbocycles. The Bertz CT molecular complexity index is 470. The number of hydrogen-bond donors (Lipinski definition) is 1. The molecule has 2 nitrogen and oxygen atoms in total. The number of halogens is 1. The third-order valence-corrected chi connectivity index (χ3v) is 4.12. The number of benzene rings is 1. The molecule has 20 heavy (non-hydrogen) atoms. The van der Waals surface area contributed by atoms with Crippen molar-refractivity contribution < 1.29 is 9.13 Å². The van der Waals surface area contributed by atoms with Crippen LogP contribution >= 0.6 is 0 Å². The van der Waals surface area contributed by atoms with Crippen molar-refractivity contribution in [1.82, 2.24) is 0 Å². The summed E-state index contributed by atoms with van der Waals surface area (Å²) < 4.78 is 20.0. The van der Waals surface area contributed by atoms with Gasteiger partial charge in [-0.2, -0.15) is 0 Å². The highest BCUT2D eigenvalue weighted by atomic mass is 19.1. The number of rotatable bonds is 3. The second kappa shape index (κ2) is 5.72. The molecule has 0 amide bonds. The van der Waals surface area contributed by atoms with Crippen LogP contribution in [0.4, 0.5) is 4.39 Å². The first kappa shape index (κ1) is 15.3. The van der Waals surface area contributed by atoms with E-state index >= 15 is 0 Å². The smallest absolute Gasteiger partial charge is 0.165 e. The molecule has 2 rings (SSSR count). The Balaban J connectivity index is 2.10. The first-order valence-electron chi connectivity index (χ1n) is 7.48. The molecule has 1 fully saturated rings. The average molecular weight is 279 g/mol. The summed E-state index contributed by atoms with van der Waals surface area (Å²) in [6, 6.07) is 4.88. The van der Waals surface area contributed by atoms with Gasteiger partial charge in [0.05, 0.1) is 6.10 Å². The van der Waals surface area contributed by atoms with Crippen molar-refractivity contribution in [3.8, 4) is 5.75 Å². The van der Waals surface area contributed by atoms with Gasteiger partial charge in [0, 0.05) is 6.04 Å². The third-order valence-electron chi connectivity index (χ3n) is 4.12. The molecule has 2 N–H and O–H groups in total. The molecule has 2 unspecified atom stereocenters. The Hall–Kier alpha value is -1.09. The van der Waals surface area contributed by atoms with E-state index in [1.807, 2.05) is 13.0 Å². The Morgan fingerprint density at radius 1 is 1.35 bits per heavy atom. The van der Waals surface area contributed by atoms with Crippen molar-refractivity contribution in [2.75, 3.05) is 0 Å². The van der Waals surface area contributed by atoms with Gasteiger partial charge in [0.15, 0.2) is 11.6 Å². The molecule has 0 aromatic heterocycles. The molecule has 0 bridgehead atoms. The molecule has 3 atom stereocenters. The van der Waals surface area contributed by atoms with Crippen LogP contribution in [0.5, 0.6) is 5.75 Å². The van der Waals surface area contributed by atoms with Crippen LogP contribution in [0.25, 0.3) is 0 Å². The number of hydrogen-bond acceptors (Lipinski definition) is 2. The number of nitrogens with two attached hydrogens (primary N) is 1. The van der Waals surface area contributed by atoms with Crippen LogP contribution in [0.15, 0.2) is 18.2 Å². The third kappa shape index (κ3) is 3.72. The molecule has 1 aliphatic rings. The highest BCUT2D eigenvalue weighted by Gasteiger charge is 2.33. The van der Waals surface area contributed by atoms with Crippen molar-refractivity contribution >= 4 is 0 Å². The first-order chi connectivity index (χ1) is 9.27. The predicted molar refractivity (Wildman–Crippen MR) is 80.2 cm³/mol. The van der Waals surface area contributed by atoms with Gasteiger partial charge in [-0.1, -0.05) is 26.8 Å². The highest BCUT2D eigenvalue weighted by Crippen LogP contribution is 2.40. The van der Waals surface area contributed by atoms with Gasteiger partial charge in [-0.25, -0.2) is 4.39 Å². The summed E-state index contributed by atoms with van der Waals surface area (Å²) in [4.78, 5) is 0. The Morgan fingerprint density at radius 3 is 2.60 bits per heavy atom. The average Bonchev–Trinajstić information content (AvgIpc) is 2.28. The van der Waals surface area contributed by atoms with Crippen molar-refractivity contribution in [3.05, 3.63) is 29.6 Å². The minimum absolute atomic E-state index is 0.101. The molecule has 0 heterocycles. The van der Waals surface area contributed by atoms with Gasteiger partial charge >= 0.3 is 0 Å². The topological polar surface area (TPSA) is 35.2 Å². The lowest BCUT2D eigenvalue weighted by molar-refractivity contribution is 0.0536. The van der Waals surface area contributed by atoms with Crippen molar-refractivity contribution in [1.29, 1.82) is 0 Å². The van der Waals surface area contributed by atoms with E-state index in [-0.39, 0.29) is 23.4 Å². The van der Waals surface area contributed by atoms with Crippen LogP contribution in [0.2, 0.25) is 0 Å². The molecule has 0 radical (unpaired) electrons. The Kier molecular flexibility index (Phi) is 4.38. The van der Waals surface area contributed by atoms with Gasteiger partial charge in [-0.15, -0.1) is 0 Å². The summed E-state index contributed by atoms with van der Waals surface area (Å²) in [5.74, 6) is 0.662. The summed E-state index contributed by atoms with van der Waals surface area (Å²) in [6.07, 6.45) is 3.28. The molecule has 1 aliphatic carbocycles. The molecular weight excluding hydrogens is 253 g/mol. The van der Waals surface area contributed by atoms with E-state index in [9.17, 15) is 4.39 Å². The van der Waals surface area contributed by atoms with Crippen LogP contribution in [0, 0.1) is 17.2 Å². The van der Waals surface area contributed by atoms with Crippen LogP contribution in [-0.2, 0) is 0 Å². The van der Waals surface area contributed by atoms with Crippen molar-refractivity contribution in [2.45, 2.75) is 59.1 Å². The summed E-state index contributed by atoms with van der Waals surface area (Å²) in [7, 11) is 0. The molecular formula is C17H26FNO. The molecule has 1 aromatic carbocycles. The zero-order chi connectivity index (χ0) is 14.9. The fourth-order valence-electron chi connectivity index (χ4n) is 3.42. The van der Waals surface area contributed by atoms with Gasteiger partial charge < -0.3 is 10.5 Å². The maximum Gasteiger partial charge on any atom is 0.165 e. The zero-order valence-corrected chi connectivity index (χ0v) is 12.9. The van der Waals surface area contributed by atoms with E-state index in [0.717, 1.165) is 18.4 Å². The van der Waals surface area contributed by atoms with E-state index in [0.29, 0.717) is 11.7 Å². The summed E-state index contributed by atoms with van der Waals surface area (Å²) in [5.41, 5.74) is 6.83. The molecule has 0 aliphatic heterocycles. The fraction of sp³-hybridized carbons (Fsp3) is 0.647. The van der Waals surface area contributed by atoms with Crippen LogP contribution in [0.1, 0.15) is 58.6 Å². The minimum atomic E-state index is -0.309. The largest absolute Gasteiger partial charge is 0.487 e. The Morgan fingerprint density at radius 2 is 2.05 bits per heavy atom. The lowest BCUT2D eigenvalue weighted by Gasteiger charge is -2.38. The van der Waals surface area contributed by atoms with Crippen LogP contribution < -0.4 is 10.5 Å². The molecule has 1 aromatic rings. The van der Waals surface area contributed by atoms with Gasteiger partial charge in [0.2, 0.25) is 0 Å². The van der Waals surface area contributed by atoms with Crippen molar-refractivity contribution in [2.24, 2.45) is 17.1 Å². The maximum atomic E-state index is 14.1. The van der Waals surface area contributed by atoms with Gasteiger partial charge in [-0.05, 0) is 55.2 Å². The van der Waals surface area contributed by atoms with Crippen LogP contribution in [0.3, 0.4) is 0 Å². The second-order valence-electron chi connectivity index (χ2n) is 7.13. The van der Waals surface area contributed by atoms with E-state index in [4.69, 9.17) is 10.5 Å². The standard InChI is InChI=1S/C17H26FNO/c1-11-7-14(10-17(3,4)9-11)20-16-6-5-13(12(2)19)8-15(16)18/h5-6,8,11-12,14H,7,9-10,19H2,1-4H3/t11?,12-,14?/m1/s1. The monoisotopic (exact) mass is 279 g/mol. The number of ether oxygens (including phenoxy) is 1. The van der Waals surface area contributed by atoms with Gasteiger partial charge in [-0.3, -0.25) is 0 Å². The van der Waals surface area contributed by atoms with E-state index in [1.165, 1.54) is 12.5 Å². The Labute approximate surface area is 121 Å². The lowest BCUT2D eigenvalue weighted by Crippen LogP contribution is -2.34. The van der Waals surface area contributed by atoms with E-state index in [1.54, 1.807) is 6.07 Å². The second-order valence-corrected chi connectivity index (χ2v) is 7.13. The molecule has 112 valence electrons. The predicted octanol–water partition coefficient (Wildman–Crippen LogP) is 4.44.